The third kappa shape index (κ3) is 2.47. The number of nitrogens with zero attached hydrogens (tertiary/aromatic N) is 1. The van der Waals surface area contributed by atoms with E-state index in [4.69, 9.17) is 5.73 Å². The number of benzene rings is 1. The summed E-state index contributed by atoms with van der Waals surface area (Å²) in [6.45, 7) is 2.06. The van der Waals surface area contributed by atoms with Gasteiger partial charge in [-0.25, -0.2) is 4.98 Å². The van der Waals surface area contributed by atoms with Crippen LogP contribution in [-0.2, 0) is 0 Å². The van der Waals surface area contributed by atoms with Gasteiger partial charge in [-0.15, -0.1) is 0 Å². The SMILES string of the molecule is Cc1ccc(Nc2cccc(N)n2)cc1. The molecule has 1 heterocycles. The van der Waals surface area contributed by atoms with Crippen molar-refractivity contribution < 1.29 is 0 Å². The highest BCUT2D eigenvalue weighted by atomic mass is 15.0. The largest absolute Gasteiger partial charge is 0.384 e. The van der Waals surface area contributed by atoms with E-state index < -0.39 is 0 Å². The van der Waals surface area contributed by atoms with Crippen molar-refractivity contribution in [3.63, 3.8) is 0 Å². The first-order valence-corrected chi connectivity index (χ1v) is 4.80. The van der Waals surface area contributed by atoms with Crippen molar-refractivity contribution in [2.75, 3.05) is 11.1 Å². The molecule has 0 bridgehead atoms. The molecule has 0 aliphatic rings. The maximum atomic E-state index is 5.59. The van der Waals surface area contributed by atoms with E-state index in [-0.39, 0.29) is 0 Å². The molecule has 0 fully saturated rings. The number of pyridine rings is 1. The van der Waals surface area contributed by atoms with Crippen molar-refractivity contribution in [1.82, 2.24) is 4.98 Å². The van der Waals surface area contributed by atoms with Crippen LogP contribution in [0.4, 0.5) is 17.3 Å². The minimum absolute atomic E-state index is 0.520. The second kappa shape index (κ2) is 4.00. The van der Waals surface area contributed by atoms with Crippen molar-refractivity contribution in [3.05, 3.63) is 48.0 Å². The zero-order valence-electron chi connectivity index (χ0n) is 8.57. The molecule has 3 N–H and O–H groups in total. The van der Waals surface area contributed by atoms with Crippen LogP contribution in [0.1, 0.15) is 5.56 Å². The van der Waals surface area contributed by atoms with Gasteiger partial charge in [0.25, 0.3) is 0 Å². The normalized spacial score (nSPS) is 9.93. The van der Waals surface area contributed by atoms with Crippen LogP contribution in [0.5, 0.6) is 0 Å². The Morgan fingerprint density at radius 3 is 2.47 bits per heavy atom. The number of anilines is 3. The molecule has 0 unspecified atom stereocenters. The van der Waals surface area contributed by atoms with Crippen molar-refractivity contribution in [2.45, 2.75) is 6.92 Å². The van der Waals surface area contributed by atoms with Gasteiger partial charge in [0.1, 0.15) is 11.6 Å². The van der Waals surface area contributed by atoms with E-state index in [9.17, 15) is 0 Å². The molecule has 0 amide bonds. The molecular weight excluding hydrogens is 186 g/mol. The molecule has 0 saturated carbocycles. The molecule has 3 nitrogen and oxygen atoms in total. The predicted molar refractivity (Wildman–Crippen MR) is 63.1 cm³/mol. The second-order valence-corrected chi connectivity index (χ2v) is 3.44. The van der Waals surface area contributed by atoms with Crippen molar-refractivity contribution in [2.24, 2.45) is 0 Å². The minimum Gasteiger partial charge on any atom is -0.384 e. The molecule has 15 heavy (non-hydrogen) atoms. The highest BCUT2D eigenvalue weighted by Crippen LogP contribution is 2.15. The average molecular weight is 199 g/mol. The molecule has 1 aromatic heterocycles. The van der Waals surface area contributed by atoms with Gasteiger partial charge in [-0.1, -0.05) is 23.8 Å². The zero-order valence-corrected chi connectivity index (χ0v) is 8.57. The highest BCUT2D eigenvalue weighted by molar-refractivity contribution is 5.57. The Hall–Kier alpha value is -2.03. The maximum Gasteiger partial charge on any atom is 0.132 e. The summed E-state index contributed by atoms with van der Waals surface area (Å²) < 4.78 is 0. The number of nitrogen functional groups attached to an aromatic ring is 1. The van der Waals surface area contributed by atoms with Crippen LogP contribution < -0.4 is 11.1 Å². The van der Waals surface area contributed by atoms with Crippen LogP contribution in [0.2, 0.25) is 0 Å². The average Bonchev–Trinajstić information content (AvgIpc) is 2.22. The number of aromatic nitrogens is 1. The lowest BCUT2D eigenvalue weighted by molar-refractivity contribution is 1.31. The molecule has 0 atom stereocenters. The lowest BCUT2D eigenvalue weighted by Gasteiger charge is -2.05. The first kappa shape index (κ1) is 9.52. The molecule has 76 valence electrons. The Kier molecular flexibility index (Phi) is 2.54. The summed E-state index contributed by atoms with van der Waals surface area (Å²) in [7, 11) is 0. The smallest absolute Gasteiger partial charge is 0.132 e. The van der Waals surface area contributed by atoms with Gasteiger partial charge < -0.3 is 11.1 Å². The number of hydrogen-bond donors (Lipinski definition) is 2. The number of nitrogens with two attached hydrogens (primary N) is 1. The second-order valence-electron chi connectivity index (χ2n) is 3.44. The molecule has 2 rings (SSSR count). The summed E-state index contributed by atoms with van der Waals surface area (Å²) in [5, 5.41) is 3.18. The molecule has 1 aromatic carbocycles. The van der Waals surface area contributed by atoms with Crippen molar-refractivity contribution in [3.8, 4) is 0 Å². The summed E-state index contributed by atoms with van der Waals surface area (Å²) in [5.74, 6) is 1.28. The molecule has 0 aliphatic carbocycles. The first-order valence-electron chi connectivity index (χ1n) is 4.80. The molecule has 0 radical (unpaired) electrons. The van der Waals surface area contributed by atoms with Gasteiger partial charge in [0, 0.05) is 5.69 Å². The van der Waals surface area contributed by atoms with Crippen LogP contribution in [-0.4, -0.2) is 4.98 Å². The third-order valence-electron chi connectivity index (χ3n) is 2.09. The van der Waals surface area contributed by atoms with E-state index in [1.807, 2.05) is 24.3 Å². The quantitative estimate of drug-likeness (QED) is 0.781. The molecule has 3 heteroatoms. The Bertz CT molecular complexity index is 449. The fourth-order valence-electron chi connectivity index (χ4n) is 1.31. The number of hydrogen-bond acceptors (Lipinski definition) is 3. The first-order chi connectivity index (χ1) is 7.24. The van der Waals surface area contributed by atoms with E-state index in [2.05, 4.69) is 29.4 Å². The molecule has 0 spiro atoms. The van der Waals surface area contributed by atoms with Crippen LogP contribution in [0, 0.1) is 6.92 Å². The molecule has 2 aromatic rings. The van der Waals surface area contributed by atoms with Gasteiger partial charge in [0.15, 0.2) is 0 Å². The Labute approximate surface area is 89.0 Å². The summed E-state index contributed by atoms with van der Waals surface area (Å²) in [4.78, 5) is 4.16. The lowest BCUT2D eigenvalue weighted by Crippen LogP contribution is -1.96. The van der Waals surface area contributed by atoms with Gasteiger partial charge in [-0.05, 0) is 31.2 Å². The molecule has 0 aliphatic heterocycles. The van der Waals surface area contributed by atoms with Crippen LogP contribution in [0.15, 0.2) is 42.5 Å². The van der Waals surface area contributed by atoms with E-state index in [0.29, 0.717) is 5.82 Å². The third-order valence-corrected chi connectivity index (χ3v) is 2.09. The van der Waals surface area contributed by atoms with Gasteiger partial charge in [0.2, 0.25) is 0 Å². The monoisotopic (exact) mass is 199 g/mol. The maximum absolute atomic E-state index is 5.59. The molecule has 0 saturated heterocycles. The number of nitrogens with one attached hydrogen (secondary N) is 1. The fourth-order valence-corrected chi connectivity index (χ4v) is 1.31. The predicted octanol–water partition coefficient (Wildman–Crippen LogP) is 2.72. The molecular formula is C12H13N3. The summed E-state index contributed by atoms with van der Waals surface area (Å²) in [5.41, 5.74) is 7.84. The van der Waals surface area contributed by atoms with Crippen LogP contribution in [0.3, 0.4) is 0 Å². The topological polar surface area (TPSA) is 50.9 Å². The zero-order chi connectivity index (χ0) is 10.7. The van der Waals surface area contributed by atoms with Crippen molar-refractivity contribution in [1.29, 1.82) is 0 Å². The van der Waals surface area contributed by atoms with Crippen LogP contribution >= 0.6 is 0 Å². The fraction of sp³-hybridized carbons (Fsp3) is 0.0833. The standard InChI is InChI=1S/C12H13N3/c1-9-5-7-10(8-6-9)14-12-4-2-3-11(13)15-12/h2-8H,1H3,(H3,13,14,15). The summed E-state index contributed by atoms with van der Waals surface area (Å²) in [6, 6.07) is 13.7. The van der Waals surface area contributed by atoms with Gasteiger partial charge in [-0.3, -0.25) is 0 Å². The van der Waals surface area contributed by atoms with E-state index in [0.717, 1.165) is 11.5 Å². The number of rotatable bonds is 2. The number of aryl methyl sites for hydroxylation is 1. The Balaban J connectivity index is 2.18. The highest BCUT2D eigenvalue weighted by Gasteiger charge is 1.95. The van der Waals surface area contributed by atoms with E-state index in [1.54, 1.807) is 6.07 Å². The van der Waals surface area contributed by atoms with Gasteiger partial charge >= 0.3 is 0 Å². The van der Waals surface area contributed by atoms with E-state index >= 15 is 0 Å². The summed E-state index contributed by atoms with van der Waals surface area (Å²) in [6.07, 6.45) is 0. The van der Waals surface area contributed by atoms with E-state index in [1.165, 1.54) is 5.56 Å². The van der Waals surface area contributed by atoms with Gasteiger partial charge in [-0.2, -0.15) is 0 Å². The Morgan fingerprint density at radius 1 is 1.07 bits per heavy atom. The minimum atomic E-state index is 0.520. The Morgan fingerprint density at radius 2 is 1.80 bits per heavy atom. The van der Waals surface area contributed by atoms with Crippen LogP contribution in [0.25, 0.3) is 0 Å². The lowest BCUT2D eigenvalue weighted by atomic mass is 10.2. The summed E-state index contributed by atoms with van der Waals surface area (Å²) >= 11 is 0. The van der Waals surface area contributed by atoms with Gasteiger partial charge in [0.05, 0.1) is 0 Å². The van der Waals surface area contributed by atoms with Crippen molar-refractivity contribution >= 4 is 17.3 Å².